The quantitative estimate of drug-likeness (QED) is 0.814. The number of aliphatic hydroxyl groups excluding tert-OH is 1. The van der Waals surface area contributed by atoms with Crippen LogP contribution in [0.3, 0.4) is 0 Å². The molecule has 0 saturated heterocycles. The van der Waals surface area contributed by atoms with Crippen LogP contribution in [-0.4, -0.2) is 16.0 Å². The normalized spacial score (nSPS) is 10.2. The minimum atomic E-state index is -0.239. The molecule has 1 heterocycles. The van der Waals surface area contributed by atoms with Gasteiger partial charge in [-0.3, -0.25) is 4.79 Å². The number of aromatic amines is 1. The number of H-pyrrole nitrogens is 1. The highest BCUT2D eigenvalue weighted by Gasteiger charge is 2.09. The molecule has 0 atom stereocenters. The molecule has 5 heteroatoms. The molecule has 0 unspecified atom stereocenters. The van der Waals surface area contributed by atoms with Gasteiger partial charge in [0.1, 0.15) is 5.69 Å². The summed E-state index contributed by atoms with van der Waals surface area (Å²) in [6.45, 7) is -0.106. The van der Waals surface area contributed by atoms with Gasteiger partial charge in [0, 0.05) is 21.9 Å². The summed E-state index contributed by atoms with van der Waals surface area (Å²) in [5, 5.41) is 11.9. The standard InChI is InChI=1S/C12H11BrN2O2/c13-9-5-11(14-6-9)12(17)15-10-4-2-1-3-8(10)7-16/h1-6,14,16H,7H2,(H,15,17). The van der Waals surface area contributed by atoms with Crippen LogP contribution in [0.1, 0.15) is 16.1 Å². The van der Waals surface area contributed by atoms with E-state index >= 15 is 0 Å². The molecule has 88 valence electrons. The maximum Gasteiger partial charge on any atom is 0.272 e. The Morgan fingerprint density at radius 1 is 1.41 bits per heavy atom. The van der Waals surface area contributed by atoms with Gasteiger partial charge in [0.2, 0.25) is 0 Å². The first-order valence-corrected chi connectivity index (χ1v) is 5.84. The highest BCUT2D eigenvalue weighted by atomic mass is 79.9. The molecule has 1 aromatic carbocycles. The van der Waals surface area contributed by atoms with Gasteiger partial charge in [-0.1, -0.05) is 18.2 Å². The van der Waals surface area contributed by atoms with E-state index in [0.717, 1.165) is 4.47 Å². The number of nitrogens with one attached hydrogen (secondary N) is 2. The minimum Gasteiger partial charge on any atom is -0.392 e. The van der Waals surface area contributed by atoms with Crippen molar-refractivity contribution in [1.82, 2.24) is 4.98 Å². The first-order chi connectivity index (χ1) is 8.20. The predicted molar refractivity (Wildman–Crippen MR) is 68.8 cm³/mol. The topological polar surface area (TPSA) is 65.1 Å². The Morgan fingerprint density at radius 2 is 2.18 bits per heavy atom. The predicted octanol–water partition coefficient (Wildman–Crippen LogP) is 2.52. The third-order valence-electron chi connectivity index (χ3n) is 2.33. The van der Waals surface area contributed by atoms with Crippen molar-refractivity contribution in [3.63, 3.8) is 0 Å². The zero-order valence-electron chi connectivity index (χ0n) is 8.90. The van der Waals surface area contributed by atoms with E-state index in [1.807, 2.05) is 6.07 Å². The fourth-order valence-corrected chi connectivity index (χ4v) is 1.81. The van der Waals surface area contributed by atoms with Gasteiger partial charge < -0.3 is 15.4 Å². The molecule has 3 N–H and O–H groups in total. The van der Waals surface area contributed by atoms with Crippen LogP contribution in [0.15, 0.2) is 41.0 Å². The number of hydrogen-bond acceptors (Lipinski definition) is 2. The van der Waals surface area contributed by atoms with E-state index in [1.54, 1.807) is 30.5 Å². The second-order valence-electron chi connectivity index (χ2n) is 3.50. The Balaban J connectivity index is 2.18. The molecular formula is C12H11BrN2O2. The van der Waals surface area contributed by atoms with Gasteiger partial charge in [0.25, 0.3) is 5.91 Å². The fraction of sp³-hybridized carbons (Fsp3) is 0.0833. The second-order valence-corrected chi connectivity index (χ2v) is 4.42. The lowest BCUT2D eigenvalue weighted by Gasteiger charge is -2.07. The zero-order valence-corrected chi connectivity index (χ0v) is 10.5. The molecule has 2 rings (SSSR count). The monoisotopic (exact) mass is 294 g/mol. The third kappa shape index (κ3) is 2.75. The molecule has 1 aromatic heterocycles. The largest absolute Gasteiger partial charge is 0.392 e. The molecule has 2 aromatic rings. The summed E-state index contributed by atoms with van der Waals surface area (Å²) in [5.74, 6) is -0.239. The molecule has 0 saturated carbocycles. The lowest BCUT2D eigenvalue weighted by atomic mass is 10.2. The van der Waals surface area contributed by atoms with E-state index < -0.39 is 0 Å². The summed E-state index contributed by atoms with van der Waals surface area (Å²) >= 11 is 3.26. The number of rotatable bonds is 3. The fourth-order valence-electron chi connectivity index (χ4n) is 1.47. The van der Waals surface area contributed by atoms with Crippen LogP contribution >= 0.6 is 15.9 Å². The van der Waals surface area contributed by atoms with Gasteiger partial charge in [0.15, 0.2) is 0 Å². The van der Waals surface area contributed by atoms with Crippen LogP contribution < -0.4 is 5.32 Å². The van der Waals surface area contributed by atoms with Crippen molar-refractivity contribution in [1.29, 1.82) is 0 Å². The molecule has 0 aliphatic rings. The van der Waals surface area contributed by atoms with Crippen molar-refractivity contribution in [2.24, 2.45) is 0 Å². The molecule has 0 fully saturated rings. The third-order valence-corrected chi connectivity index (χ3v) is 2.79. The molecule has 1 amide bonds. The Morgan fingerprint density at radius 3 is 2.82 bits per heavy atom. The summed E-state index contributed by atoms with van der Waals surface area (Å²) in [6.07, 6.45) is 1.69. The molecule has 0 aliphatic carbocycles. The molecule has 4 nitrogen and oxygen atoms in total. The Kier molecular flexibility index (Phi) is 3.61. The van der Waals surface area contributed by atoms with Crippen molar-refractivity contribution < 1.29 is 9.90 Å². The lowest BCUT2D eigenvalue weighted by molar-refractivity contribution is 0.102. The van der Waals surface area contributed by atoms with Crippen molar-refractivity contribution in [2.45, 2.75) is 6.61 Å². The number of para-hydroxylation sites is 1. The van der Waals surface area contributed by atoms with Crippen LogP contribution in [-0.2, 0) is 6.61 Å². The first-order valence-electron chi connectivity index (χ1n) is 5.04. The average Bonchev–Trinajstić information content (AvgIpc) is 2.77. The van der Waals surface area contributed by atoms with E-state index in [-0.39, 0.29) is 12.5 Å². The molecular weight excluding hydrogens is 284 g/mol. The summed E-state index contributed by atoms with van der Waals surface area (Å²) in [5.41, 5.74) is 1.77. The summed E-state index contributed by atoms with van der Waals surface area (Å²) in [7, 11) is 0. The number of benzene rings is 1. The number of hydrogen-bond donors (Lipinski definition) is 3. The van der Waals surface area contributed by atoms with E-state index in [0.29, 0.717) is 16.9 Å². The second kappa shape index (κ2) is 5.16. The van der Waals surface area contributed by atoms with Crippen LogP contribution in [0, 0.1) is 0 Å². The van der Waals surface area contributed by atoms with Crippen molar-refractivity contribution in [3.05, 3.63) is 52.3 Å². The van der Waals surface area contributed by atoms with Gasteiger partial charge in [-0.25, -0.2) is 0 Å². The number of amides is 1. The highest BCUT2D eigenvalue weighted by molar-refractivity contribution is 9.10. The maximum atomic E-state index is 11.9. The molecule has 0 radical (unpaired) electrons. The number of anilines is 1. The lowest BCUT2D eigenvalue weighted by Crippen LogP contribution is -2.13. The van der Waals surface area contributed by atoms with Crippen molar-refractivity contribution >= 4 is 27.5 Å². The number of aliphatic hydroxyl groups is 1. The van der Waals surface area contributed by atoms with Gasteiger partial charge in [-0.05, 0) is 28.1 Å². The van der Waals surface area contributed by atoms with E-state index in [9.17, 15) is 4.79 Å². The Bertz CT molecular complexity index is 537. The van der Waals surface area contributed by atoms with Gasteiger partial charge >= 0.3 is 0 Å². The summed E-state index contributed by atoms with van der Waals surface area (Å²) in [6, 6.07) is 8.82. The van der Waals surface area contributed by atoms with Crippen LogP contribution in [0.2, 0.25) is 0 Å². The van der Waals surface area contributed by atoms with Crippen LogP contribution in [0.4, 0.5) is 5.69 Å². The maximum absolute atomic E-state index is 11.9. The summed E-state index contributed by atoms with van der Waals surface area (Å²) in [4.78, 5) is 14.7. The van der Waals surface area contributed by atoms with E-state index in [1.165, 1.54) is 0 Å². The van der Waals surface area contributed by atoms with E-state index in [4.69, 9.17) is 5.11 Å². The SMILES string of the molecule is O=C(Nc1ccccc1CO)c1cc(Br)c[nH]1. The summed E-state index contributed by atoms with van der Waals surface area (Å²) < 4.78 is 0.818. The highest BCUT2D eigenvalue weighted by Crippen LogP contribution is 2.17. The van der Waals surface area contributed by atoms with Crippen molar-refractivity contribution in [2.75, 3.05) is 5.32 Å². The minimum absolute atomic E-state index is 0.106. The van der Waals surface area contributed by atoms with Crippen LogP contribution in [0.5, 0.6) is 0 Å². The first kappa shape index (κ1) is 11.9. The molecule has 0 spiro atoms. The molecule has 0 aliphatic heterocycles. The smallest absolute Gasteiger partial charge is 0.272 e. The number of halogens is 1. The molecule has 0 bridgehead atoms. The van der Waals surface area contributed by atoms with Crippen molar-refractivity contribution in [3.8, 4) is 0 Å². The molecule has 17 heavy (non-hydrogen) atoms. The number of aromatic nitrogens is 1. The number of carbonyl (C=O) groups excluding carboxylic acids is 1. The van der Waals surface area contributed by atoms with E-state index in [2.05, 4.69) is 26.2 Å². The van der Waals surface area contributed by atoms with Gasteiger partial charge in [0.05, 0.1) is 6.61 Å². The van der Waals surface area contributed by atoms with Crippen LogP contribution in [0.25, 0.3) is 0 Å². The Hall–Kier alpha value is -1.59. The average molecular weight is 295 g/mol. The van der Waals surface area contributed by atoms with Gasteiger partial charge in [-0.2, -0.15) is 0 Å². The zero-order chi connectivity index (χ0) is 12.3. The number of carbonyl (C=O) groups is 1. The van der Waals surface area contributed by atoms with Gasteiger partial charge in [-0.15, -0.1) is 0 Å². The Labute approximate surface area is 107 Å².